The molecular weight excluding hydrogens is 534 g/mol. The number of fused-ring (bicyclic) bond motifs is 1. The average Bonchev–Trinajstić information content (AvgIpc) is 3.08. The molecule has 4 amide bonds. The zero-order valence-electron chi connectivity index (χ0n) is 24.0. The highest BCUT2D eigenvalue weighted by Crippen LogP contribution is 2.31. The predicted octanol–water partition coefficient (Wildman–Crippen LogP) is 2.92. The Labute approximate surface area is 245 Å². The lowest BCUT2D eigenvalue weighted by atomic mass is 10.0. The Morgan fingerprint density at radius 2 is 1.67 bits per heavy atom. The topological polar surface area (TPSA) is 157 Å². The lowest BCUT2D eigenvalue weighted by Gasteiger charge is -2.27. The Balaban J connectivity index is 1.54. The number of urea groups is 1. The summed E-state index contributed by atoms with van der Waals surface area (Å²) in [6.07, 6.45) is 1.27. The fourth-order valence-electron chi connectivity index (χ4n) is 4.98. The normalized spacial score (nSPS) is 15.1. The number of carbonyl (C=O) groups is 3. The number of para-hydroxylation sites is 2. The maximum absolute atomic E-state index is 13.8. The van der Waals surface area contributed by atoms with Crippen molar-refractivity contribution < 1.29 is 24.6 Å². The molecule has 1 aliphatic rings. The molecule has 10 nitrogen and oxygen atoms in total. The van der Waals surface area contributed by atoms with Crippen LogP contribution in [0.3, 0.4) is 0 Å². The second-order valence-electron chi connectivity index (χ2n) is 11.3. The van der Waals surface area contributed by atoms with E-state index in [4.69, 9.17) is 5.73 Å². The molecule has 0 bridgehead atoms. The summed E-state index contributed by atoms with van der Waals surface area (Å²) in [4.78, 5) is 40.6. The number of hydrogen-bond acceptors (Lipinski definition) is 6. The molecule has 7 N–H and O–H groups in total. The summed E-state index contributed by atoms with van der Waals surface area (Å²) >= 11 is 0. The van der Waals surface area contributed by atoms with Crippen LogP contribution in [-0.2, 0) is 22.6 Å². The van der Waals surface area contributed by atoms with E-state index in [1.807, 2.05) is 60.7 Å². The number of aryl methyl sites for hydroxylation is 1. The van der Waals surface area contributed by atoms with E-state index in [0.29, 0.717) is 25.1 Å². The molecule has 0 aliphatic carbocycles. The molecule has 0 aromatic heterocycles. The van der Waals surface area contributed by atoms with Gasteiger partial charge in [0.15, 0.2) is 0 Å². The molecule has 0 spiro atoms. The average molecular weight is 574 g/mol. The van der Waals surface area contributed by atoms with Crippen molar-refractivity contribution in [2.45, 2.75) is 57.3 Å². The second-order valence-corrected chi connectivity index (χ2v) is 11.3. The van der Waals surface area contributed by atoms with E-state index in [9.17, 15) is 24.6 Å². The minimum absolute atomic E-state index is 0.118. The van der Waals surface area contributed by atoms with Crippen molar-refractivity contribution in [3.63, 3.8) is 0 Å². The van der Waals surface area contributed by atoms with Crippen LogP contribution in [0.4, 0.5) is 16.2 Å². The van der Waals surface area contributed by atoms with Crippen LogP contribution in [0.2, 0.25) is 0 Å². The third-order valence-corrected chi connectivity index (χ3v) is 7.06. The summed E-state index contributed by atoms with van der Waals surface area (Å²) < 4.78 is 0. The summed E-state index contributed by atoms with van der Waals surface area (Å²) in [6, 6.07) is 20.9. The first-order valence-corrected chi connectivity index (χ1v) is 14.0. The summed E-state index contributed by atoms with van der Waals surface area (Å²) in [5.74, 6) is -0.419. The van der Waals surface area contributed by atoms with Crippen molar-refractivity contribution in [2.75, 3.05) is 23.4 Å². The molecule has 1 atom stereocenters. The zero-order chi connectivity index (χ0) is 30.3. The van der Waals surface area contributed by atoms with Crippen LogP contribution in [0.15, 0.2) is 72.8 Å². The van der Waals surface area contributed by atoms with Gasteiger partial charge in [-0.25, -0.2) is 4.79 Å². The molecule has 0 unspecified atom stereocenters. The monoisotopic (exact) mass is 573 g/mol. The molecule has 4 rings (SSSR count). The maximum atomic E-state index is 13.8. The van der Waals surface area contributed by atoms with Gasteiger partial charge < -0.3 is 36.8 Å². The van der Waals surface area contributed by atoms with Crippen molar-refractivity contribution in [3.8, 4) is 11.1 Å². The maximum Gasteiger partial charge on any atom is 0.319 e. The van der Waals surface area contributed by atoms with Crippen LogP contribution in [0.1, 0.15) is 37.8 Å². The number of nitrogens with one attached hydrogen (secondary N) is 3. The molecule has 3 aromatic carbocycles. The van der Waals surface area contributed by atoms with Gasteiger partial charge in [0.25, 0.3) is 0 Å². The van der Waals surface area contributed by atoms with Crippen molar-refractivity contribution >= 4 is 29.2 Å². The molecule has 0 saturated heterocycles. The first-order valence-electron chi connectivity index (χ1n) is 14.0. The zero-order valence-corrected chi connectivity index (χ0v) is 24.0. The van der Waals surface area contributed by atoms with Gasteiger partial charge in [0.1, 0.15) is 6.04 Å². The van der Waals surface area contributed by atoms with Gasteiger partial charge in [0, 0.05) is 23.2 Å². The van der Waals surface area contributed by atoms with Crippen LogP contribution >= 0.6 is 0 Å². The van der Waals surface area contributed by atoms with Gasteiger partial charge in [-0.3, -0.25) is 9.59 Å². The van der Waals surface area contributed by atoms with Crippen LogP contribution in [-0.4, -0.2) is 58.9 Å². The molecule has 0 fully saturated rings. The van der Waals surface area contributed by atoms with Crippen LogP contribution < -0.4 is 26.6 Å². The highest BCUT2D eigenvalue weighted by molar-refractivity contribution is 6.00. The van der Waals surface area contributed by atoms with Crippen LogP contribution in [0.5, 0.6) is 0 Å². The van der Waals surface area contributed by atoms with Crippen molar-refractivity contribution in [1.82, 2.24) is 10.6 Å². The number of hydrogen-bond donors (Lipinski definition) is 6. The lowest BCUT2D eigenvalue weighted by Crippen LogP contribution is -2.49. The summed E-state index contributed by atoms with van der Waals surface area (Å²) in [5, 5.41) is 26.7. The number of anilines is 2. The van der Waals surface area contributed by atoms with Crippen LogP contribution in [0, 0.1) is 0 Å². The first kappa shape index (κ1) is 30.7. The third kappa shape index (κ3) is 7.94. The fraction of sp³-hybridized carbons (Fsp3) is 0.344. The quantitative estimate of drug-likeness (QED) is 0.219. The first-order chi connectivity index (χ1) is 20.1. The van der Waals surface area contributed by atoms with E-state index in [1.54, 1.807) is 30.9 Å². The van der Waals surface area contributed by atoms with Gasteiger partial charge in [0.05, 0.1) is 31.5 Å². The predicted molar refractivity (Wildman–Crippen MR) is 163 cm³/mol. The highest BCUT2D eigenvalue weighted by Gasteiger charge is 2.32. The van der Waals surface area contributed by atoms with E-state index in [-0.39, 0.29) is 31.4 Å². The van der Waals surface area contributed by atoms with Gasteiger partial charge in [0.2, 0.25) is 11.8 Å². The molecular formula is C32H39N5O5. The number of aliphatic hydroxyl groups is 2. The Morgan fingerprint density at radius 3 is 2.36 bits per heavy atom. The summed E-state index contributed by atoms with van der Waals surface area (Å²) in [6.45, 7) is 3.11. The number of amides is 4. The van der Waals surface area contributed by atoms with Crippen molar-refractivity contribution in [3.05, 3.63) is 83.9 Å². The number of nitrogens with zero attached hydrogens (tertiary/aromatic N) is 1. The molecule has 3 aromatic rings. The minimum Gasteiger partial charge on any atom is -0.394 e. The summed E-state index contributed by atoms with van der Waals surface area (Å²) in [5.41, 5.74) is 10.3. The van der Waals surface area contributed by atoms with E-state index in [1.165, 1.54) is 0 Å². The van der Waals surface area contributed by atoms with Crippen molar-refractivity contribution in [1.29, 1.82) is 0 Å². The number of benzene rings is 3. The van der Waals surface area contributed by atoms with Crippen LogP contribution in [0.25, 0.3) is 11.1 Å². The second kappa shape index (κ2) is 13.6. The molecule has 10 heteroatoms. The Kier molecular flexibility index (Phi) is 9.95. The lowest BCUT2D eigenvalue weighted by molar-refractivity contribution is -0.128. The minimum atomic E-state index is -0.760. The molecule has 222 valence electrons. The van der Waals surface area contributed by atoms with E-state index < -0.39 is 23.7 Å². The van der Waals surface area contributed by atoms with Gasteiger partial charge in [-0.05, 0) is 55.5 Å². The summed E-state index contributed by atoms with van der Waals surface area (Å²) in [7, 11) is 0. The molecule has 0 saturated carbocycles. The Bertz CT molecular complexity index is 1400. The molecule has 1 aliphatic heterocycles. The van der Waals surface area contributed by atoms with E-state index >= 15 is 0 Å². The van der Waals surface area contributed by atoms with Gasteiger partial charge in [-0.2, -0.15) is 0 Å². The fourth-order valence-corrected chi connectivity index (χ4v) is 4.98. The number of carbonyl (C=O) groups excluding carboxylic acids is 3. The molecule has 0 radical (unpaired) electrons. The number of nitrogens with two attached hydrogens (primary N) is 1. The molecule has 42 heavy (non-hydrogen) atoms. The van der Waals surface area contributed by atoms with Gasteiger partial charge in [-0.1, -0.05) is 60.7 Å². The van der Waals surface area contributed by atoms with E-state index in [2.05, 4.69) is 16.0 Å². The highest BCUT2D eigenvalue weighted by atomic mass is 16.3. The number of rotatable bonds is 10. The number of aliphatic hydroxyl groups excluding tert-OH is 2. The van der Waals surface area contributed by atoms with Crippen molar-refractivity contribution in [2.24, 2.45) is 5.73 Å². The smallest absolute Gasteiger partial charge is 0.319 e. The Morgan fingerprint density at radius 1 is 1.00 bits per heavy atom. The van der Waals surface area contributed by atoms with E-state index in [0.717, 1.165) is 27.9 Å². The van der Waals surface area contributed by atoms with Gasteiger partial charge >= 0.3 is 6.03 Å². The standard InChI is InChI=1S/C32H39N5O5/c1-32(2,33)17-29(40)35-27-16-15-23-7-3-6-10-28(23)37(30(27)41)18-21-11-13-22(14-12-21)25-8-4-5-9-26(25)36-31(42)34-24(19-38)20-39/h3-14,24,27,38-39H,15-20,33H2,1-2H3,(H,35,40)(H2,34,36,42)/t27-/m1/s1. The van der Waals surface area contributed by atoms with Gasteiger partial charge in [-0.15, -0.1) is 0 Å². The Hall–Kier alpha value is -4.25. The largest absolute Gasteiger partial charge is 0.394 e. The molecule has 1 heterocycles. The third-order valence-electron chi connectivity index (χ3n) is 7.06. The SMILES string of the molecule is CC(C)(N)CC(=O)N[C@@H]1CCc2ccccc2N(Cc2ccc(-c3ccccc3NC(=O)NC(CO)CO)cc2)C1=O.